The molecule has 0 heterocycles. The molecule has 1 aliphatic rings. The van der Waals surface area contributed by atoms with E-state index in [9.17, 15) is 9.59 Å². The Morgan fingerprint density at radius 1 is 1.07 bits per heavy atom. The van der Waals surface area contributed by atoms with Gasteiger partial charge in [-0.1, -0.05) is 48.5 Å². The van der Waals surface area contributed by atoms with Crippen LogP contribution in [0.5, 0.6) is 0 Å². The quantitative estimate of drug-likeness (QED) is 0.498. The molecular formula is C23H29NO6. The molecule has 0 aliphatic heterocycles. The van der Waals surface area contributed by atoms with Crippen LogP contribution in [-0.4, -0.2) is 56.6 Å². The molecule has 0 aromatic heterocycles. The highest BCUT2D eigenvalue weighted by Gasteiger charge is 2.32. The van der Waals surface area contributed by atoms with Crippen molar-refractivity contribution in [1.29, 1.82) is 0 Å². The van der Waals surface area contributed by atoms with E-state index in [1.165, 1.54) is 30.4 Å². The number of rotatable bonds is 9. The van der Waals surface area contributed by atoms with Gasteiger partial charge >= 0.3 is 5.97 Å². The molecule has 7 heteroatoms. The Morgan fingerprint density at radius 3 is 2.00 bits per heavy atom. The van der Waals surface area contributed by atoms with Gasteiger partial charge in [0.25, 0.3) is 0 Å². The number of carbonyl (C=O) groups excluding carboxylic acids is 1. The van der Waals surface area contributed by atoms with Gasteiger partial charge in [-0.15, -0.1) is 0 Å². The molecule has 0 radical (unpaired) electrons. The molecular weight excluding hydrogens is 386 g/mol. The van der Waals surface area contributed by atoms with Crippen LogP contribution in [0.4, 0.5) is 0 Å². The van der Waals surface area contributed by atoms with E-state index in [1.54, 1.807) is 14.0 Å². The van der Waals surface area contributed by atoms with Crippen molar-refractivity contribution in [3.8, 4) is 11.1 Å². The molecule has 30 heavy (non-hydrogen) atoms. The van der Waals surface area contributed by atoms with Gasteiger partial charge in [-0.05, 0) is 35.6 Å². The second kappa shape index (κ2) is 11.4. The Morgan fingerprint density at radius 2 is 1.60 bits per heavy atom. The molecule has 0 fully saturated rings. The van der Waals surface area contributed by atoms with Crippen molar-refractivity contribution in [2.45, 2.75) is 25.5 Å². The lowest BCUT2D eigenvalue weighted by molar-refractivity contribution is -0.169. The molecule has 2 aromatic rings. The first kappa shape index (κ1) is 23.5. The number of carbonyl (C=O) groups is 2. The second-order valence-electron chi connectivity index (χ2n) is 6.91. The number of carboxylic acid groups (broad SMARTS) is 1. The zero-order valence-electron chi connectivity index (χ0n) is 17.8. The van der Waals surface area contributed by atoms with Gasteiger partial charge < -0.3 is 14.6 Å². The Bertz CT molecular complexity index is 794. The minimum atomic E-state index is -0.835. The highest BCUT2D eigenvalue weighted by molar-refractivity contribution is 5.79. The molecule has 3 rings (SSSR count). The molecule has 2 aromatic carbocycles. The summed E-state index contributed by atoms with van der Waals surface area (Å²) in [6.45, 7) is 2.16. The van der Waals surface area contributed by atoms with Crippen molar-refractivity contribution in [3.63, 3.8) is 0 Å². The van der Waals surface area contributed by atoms with Crippen LogP contribution in [0.15, 0.2) is 48.5 Å². The lowest BCUT2D eigenvalue weighted by Gasteiger charge is -2.23. The summed E-state index contributed by atoms with van der Waals surface area (Å²) < 4.78 is 9.85. The average Bonchev–Trinajstić information content (AvgIpc) is 3.10. The van der Waals surface area contributed by atoms with Crippen LogP contribution in [0.2, 0.25) is 0 Å². The van der Waals surface area contributed by atoms with Crippen molar-refractivity contribution >= 4 is 12.4 Å². The van der Waals surface area contributed by atoms with Crippen LogP contribution < -0.4 is 0 Å². The van der Waals surface area contributed by atoms with E-state index in [1.807, 2.05) is 36.4 Å². The molecule has 1 aliphatic carbocycles. The number of hydroxylamine groups is 2. The van der Waals surface area contributed by atoms with Gasteiger partial charge in [0.05, 0.1) is 19.1 Å². The van der Waals surface area contributed by atoms with Crippen LogP contribution in [0.3, 0.4) is 0 Å². The number of hydrogen-bond donors (Lipinski definition) is 1. The molecule has 0 saturated heterocycles. The molecule has 2 atom stereocenters. The van der Waals surface area contributed by atoms with E-state index in [2.05, 4.69) is 12.1 Å². The van der Waals surface area contributed by atoms with Crippen LogP contribution in [-0.2, 0) is 23.9 Å². The molecule has 0 saturated carbocycles. The smallest absolute Gasteiger partial charge is 0.308 e. The van der Waals surface area contributed by atoms with E-state index < -0.39 is 11.9 Å². The number of ether oxygens (including phenoxy) is 2. The molecule has 2 unspecified atom stereocenters. The topological polar surface area (TPSA) is 85.3 Å². The second-order valence-corrected chi connectivity index (χ2v) is 6.91. The third kappa shape index (κ3) is 5.24. The third-order valence-corrected chi connectivity index (χ3v) is 5.23. The van der Waals surface area contributed by atoms with Crippen molar-refractivity contribution in [1.82, 2.24) is 5.06 Å². The summed E-state index contributed by atoms with van der Waals surface area (Å²) in [5.41, 5.74) is 4.55. The summed E-state index contributed by atoms with van der Waals surface area (Å²) in [4.78, 5) is 26.8. The first-order valence-corrected chi connectivity index (χ1v) is 9.70. The van der Waals surface area contributed by atoms with Crippen LogP contribution >= 0.6 is 0 Å². The number of amides is 1. The summed E-state index contributed by atoms with van der Waals surface area (Å²) in [5.74, 6) is -1.32. The first-order chi connectivity index (χ1) is 14.5. The first-order valence-electron chi connectivity index (χ1n) is 9.70. The molecule has 0 spiro atoms. The normalized spacial score (nSPS) is 14.0. The Hall–Kier alpha value is -2.74. The zero-order chi connectivity index (χ0) is 22.1. The fraction of sp³-hybridized carbons (Fsp3) is 0.391. The minimum Gasteiger partial charge on any atom is -0.481 e. The van der Waals surface area contributed by atoms with E-state index >= 15 is 0 Å². The van der Waals surface area contributed by atoms with Gasteiger partial charge in [0.15, 0.2) is 0 Å². The van der Waals surface area contributed by atoms with Crippen molar-refractivity contribution < 1.29 is 29.0 Å². The van der Waals surface area contributed by atoms with Crippen LogP contribution in [0.25, 0.3) is 11.1 Å². The maximum absolute atomic E-state index is 11.1. The molecule has 162 valence electrons. The number of fused-ring (bicyclic) bond motifs is 3. The van der Waals surface area contributed by atoms with Gasteiger partial charge in [0, 0.05) is 20.8 Å². The maximum atomic E-state index is 11.1. The fourth-order valence-electron chi connectivity index (χ4n) is 3.58. The highest BCUT2D eigenvalue weighted by atomic mass is 16.7. The molecule has 1 amide bonds. The summed E-state index contributed by atoms with van der Waals surface area (Å²) in [6, 6.07) is 16.1. The van der Waals surface area contributed by atoms with E-state index in [0.717, 1.165) is 17.5 Å². The summed E-state index contributed by atoms with van der Waals surface area (Å²) >= 11 is 0. The van der Waals surface area contributed by atoms with Crippen molar-refractivity contribution in [2.24, 2.45) is 5.92 Å². The molecule has 1 N–H and O–H groups in total. The lowest BCUT2D eigenvalue weighted by atomic mass is 10.0. The number of hydrogen-bond acceptors (Lipinski definition) is 5. The number of methoxy groups -OCH3 is 2. The van der Waals surface area contributed by atoms with Gasteiger partial charge in [0.2, 0.25) is 6.41 Å². The van der Waals surface area contributed by atoms with Crippen LogP contribution in [0, 0.1) is 5.92 Å². The Kier molecular flexibility index (Phi) is 8.98. The average molecular weight is 415 g/mol. The standard InChI is InChI=1S/C15H13NO2.C8H16O4/c1-18-16(10-17)15-13-8-4-2-6-11(13)12-7-3-5-9-14(12)15;1-6(8(9)10)7(12-3)4-5-11-2/h2-10,15H,1H3;6-7H,4-5H2,1-3H3,(H,9,10). The summed E-state index contributed by atoms with van der Waals surface area (Å²) in [7, 11) is 4.61. The Labute approximate surface area is 177 Å². The number of benzene rings is 2. The largest absolute Gasteiger partial charge is 0.481 e. The fourth-order valence-corrected chi connectivity index (χ4v) is 3.58. The predicted octanol–water partition coefficient (Wildman–Crippen LogP) is 3.53. The van der Waals surface area contributed by atoms with Gasteiger partial charge in [-0.2, -0.15) is 0 Å². The SMILES string of the molecule is COCCC(OC)C(C)C(=O)O.CON(C=O)C1c2ccccc2-c2ccccc21. The van der Waals surface area contributed by atoms with Gasteiger partial charge in [0.1, 0.15) is 6.04 Å². The van der Waals surface area contributed by atoms with E-state index in [-0.39, 0.29) is 12.1 Å². The van der Waals surface area contributed by atoms with Gasteiger partial charge in [-0.3, -0.25) is 14.4 Å². The third-order valence-electron chi connectivity index (χ3n) is 5.23. The van der Waals surface area contributed by atoms with E-state index in [0.29, 0.717) is 13.0 Å². The lowest BCUT2D eigenvalue weighted by Crippen LogP contribution is -2.28. The molecule has 0 bridgehead atoms. The van der Waals surface area contributed by atoms with Crippen LogP contribution in [0.1, 0.15) is 30.5 Å². The zero-order valence-corrected chi connectivity index (χ0v) is 17.8. The number of carboxylic acids is 1. The van der Waals surface area contributed by atoms with Crippen molar-refractivity contribution in [3.05, 3.63) is 59.7 Å². The Balaban J connectivity index is 0.000000235. The summed E-state index contributed by atoms with van der Waals surface area (Å²) in [5, 5.41) is 10.0. The molecule has 7 nitrogen and oxygen atoms in total. The predicted molar refractivity (Wildman–Crippen MR) is 113 cm³/mol. The number of aliphatic carboxylic acids is 1. The summed E-state index contributed by atoms with van der Waals surface area (Å²) in [6.07, 6.45) is 1.08. The highest BCUT2D eigenvalue weighted by Crippen LogP contribution is 2.45. The van der Waals surface area contributed by atoms with E-state index in [4.69, 9.17) is 19.4 Å². The maximum Gasteiger partial charge on any atom is 0.308 e. The number of nitrogens with zero attached hydrogens (tertiary/aromatic N) is 1. The minimum absolute atomic E-state index is 0.153. The van der Waals surface area contributed by atoms with Gasteiger partial charge in [-0.25, -0.2) is 5.06 Å². The monoisotopic (exact) mass is 415 g/mol. The van der Waals surface area contributed by atoms with Crippen molar-refractivity contribution in [2.75, 3.05) is 27.9 Å².